The Morgan fingerprint density at radius 1 is 1.41 bits per heavy atom. The van der Waals surface area contributed by atoms with Gasteiger partial charge in [0.1, 0.15) is 6.61 Å². The summed E-state index contributed by atoms with van der Waals surface area (Å²) < 4.78 is 9.97. The molecular formula is C19H27N5O3. The highest BCUT2D eigenvalue weighted by Gasteiger charge is 2.18. The number of ether oxygens (including phenoxy) is 1. The summed E-state index contributed by atoms with van der Waals surface area (Å²) in [6.07, 6.45) is 3.82. The molecule has 3 rings (SSSR count). The molecule has 0 spiro atoms. The zero-order valence-electron chi connectivity index (χ0n) is 15.9. The average molecular weight is 373 g/mol. The van der Waals surface area contributed by atoms with Crippen molar-refractivity contribution in [1.82, 2.24) is 20.4 Å². The summed E-state index contributed by atoms with van der Waals surface area (Å²) in [4.78, 5) is 18.7. The molecule has 2 amide bonds. The van der Waals surface area contributed by atoms with Crippen LogP contribution < -0.4 is 10.6 Å². The SMILES string of the molecule is COCc1noc(CNC(=O)Nc2cccc(CN3CCCCC3C)c2)n1. The minimum atomic E-state index is -0.315. The van der Waals surface area contributed by atoms with Gasteiger partial charge in [0.2, 0.25) is 5.89 Å². The number of hydrogen-bond donors (Lipinski definition) is 2. The number of nitrogens with zero attached hydrogens (tertiary/aromatic N) is 3. The highest BCUT2D eigenvalue weighted by Crippen LogP contribution is 2.20. The minimum Gasteiger partial charge on any atom is -0.377 e. The van der Waals surface area contributed by atoms with Crippen LogP contribution in [0.4, 0.5) is 10.5 Å². The van der Waals surface area contributed by atoms with Crippen molar-refractivity contribution < 1.29 is 14.1 Å². The van der Waals surface area contributed by atoms with Crippen molar-refractivity contribution in [3.05, 3.63) is 41.5 Å². The van der Waals surface area contributed by atoms with Crippen molar-refractivity contribution in [2.75, 3.05) is 19.0 Å². The summed E-state index contributed by atoms with van der Waals surface area (Å²) in [6.45, 7) is 4.76. The van der Waals surface area contributed by atoms with Gasteiger partial charge in [-0.2, -0.15) is 4.98 Å². The van der Waals surface area contributed by atoms with E-state index < -0.39 is 0 Å². The Morgan fingerprint density at radius 2 is 2.30 bits per heavy atom. The van der Waals surface area contributed by atoms with E-state index in [1.165, 1.54) is 24.8 Å². The molecule has 1 saturated heterocycles. The van der Waals surface area contributed by atoms with Crippen molar-refractivity contribution in [3.8, 4) is 0 Å². The van der Waals surface area contributed by atoms with E-state index in [2.05, 4.69) is 38.7 Å². The summed E-state index contributed by atoms with van der Waals surface area (Å²) in [5.41, 5.74) is 1.96. The molecule has 1 aromatic heterocycles. The molecule has 2 aromatic rings. The third-order valence-electron chi connectivity index (χ3n) is 4.69. The fourth-order valence-corrected chi connectivity index (χ4v) is 3.26. The van der Waals surface area contributed by atoms with Crippen LogP contribution in [0.3, 0.4) is 0 Å². The summed E-state index contributed by atoms with van der Waals surface area (Å²) in [5.74, 6) is 0.791. The van der Waals surface area contributed by atoms with Crippen LogP contribution in [-0.4, -0.2) is 40.8 Å². The fourth-order valence-electron chi connectivity index (χ4n) is 3.26. The van der Waals surface area contributed by atoms with Crippen LogP contribution in [-0.2, 0) is 24.4 Å². The lowest BCUT2D eigenvalue weighted by atomic mass is 10.0. The monoisotopic (exact) mass is 373 g/mol. The van der Waals surface area contributed by atoms with Crippen LogP contribution in [0.2, 0.25) is 0 Å². The van der Waals surface area contributed by atoms with Gasteiger partial charge in [-0.05, 0) is 44.0 Å². The van der Waals surface area contributed by atoms with Crippen molar-refractivity contribution in [2.24, 2.45) is 0 Å². The largest absolute Gasteiger partial charge is 0.377 e. The number of rotatable bonds is 7. The number of hydrogen-bond acceptors (Lipinski definition) is 6. The van der Waals surface area contributed by atoms with E-state index in [1.807, 2.05) is 18.2 Å². The number of carbonyl (C=O) groups is 1. The van der Waals surface area contributed by atoms with Gasteiger partial charge in [-0.3, -0.25) is 4.90 Å². The standard InChI is InChI=1S/C19H27N5O3/c1-14-6-3-4-9-24(14)12-15-7-5-8-16(10-15)21-19(25)20-11-18-22-17(13-26-2)23-27-18/h5,7-8,10,14H,3-4,6,9,11-13H2,1-2H3,(H2,20,21,25). The van der Waals surface area contributed by atoms with Crippen LogP contribution in [0.1, 0.15) is 43.5 Å². The molecule has 0 aliphatic carbocycles. The first-order chi connectivity index (χ1) is 13.1. The number of carbonyl (C=O) groups excluding carboxylic acids is 1. The van der Waals surface area contributed by atoms with Gasteiger partial charge in [0.15, 0.2) is 5.82 Å². The number of amides is 2. The van der Waals surface area contributed by atoms with Gasteiger partial charge in [0.05, 0.1) is 6.54 Å². The molecule has 0 radical (unpaired) electrons. The highest BCUT2D eigenvalue weighted by atomic mass is 16.5. The van der Waals surface area contributed by atoms with Crippen LogP contribution in [0.25, 0.3) is 0 Å². The third-order valence-corrected chi connectivity index (χ3v) is 4.69. The van der Waals surface area contributed by atoms with E-state index in [1.54, 1.807) is 7.11 Å². The van der Waals surface area contributed by atoms with Gasteiger partial charge in [-0.25, -0.2) is 4.79 Å². The Kier molecular flexibility index (Phi) is 6.78. The molecule has 0 bridgehead atoms. The van der Waals surface area contributed by atoms with Gasteiger partial charge in [0, 0.05) is 25.4 Å². The van der Waals surface area contributed by atoms with Gasteiger partial charge < -0.3 is 19.9 Å². The van der Waals surface area contributed by atoms with Gasteiger partial charge in [-0.15, -0.1) is 0 Å². The predicted octanol–water partition coefficient (Wildman–Crippen LogP) is 2.91. The lowest BCUT2D eigenvalue weighted by molar-refractivity contribution is 0.152. The minimum absolute atomic E-state index is 0.160. The Bertz CT molecular complexity index is 748. The second-order valence-corrected chi connectivity index (χ2v) is 6.86. The maximum atomic E-state index is 12.1. The van der Waals surface area contributed by atoms with E-state index in [9.17, 15) is 4.79 Å². The van der Waals surface area contributed by atoms with Crippen LogP contribution in [0.15, 0.2) is 28.8 Å². The number of piperidine rings is 1. The molecule has 1 aliphatic rings. The van der Waals surface area contributed by atoms with Crippen molar-refractivity contribution in [3.63, 3.8) is 0 Å². The lowest BCUT2D eigenvalue weighted by Gasteiger charge is -2.33. The normalized spacial score (nSPS) is 17.6. The first kappa shape index (κ1) is 19.3. The Hall–Kier alpha value is -2.45. The first-order valence-electron chi connectivity index (χ1n) is 9.32. The third kappa shape index (κ3) is 5.77. The van der Waals surface area contributed by atoms with E-state index in [0.717, 1.165) is 18.8 Å². The number of nitrogens with one attached hydrogen (secondary N) is 2. The predicted molar refractivity (Wildman–Crippen MR) is 101 cm³/mol. The fraction of sp³-hybridized carbons (Fsp3) is 0.526. The quantitative estimate of drug-likeness (QED) is 0.775. The average Bonchev–Trinajstić information content (AvgIpc) is 3.10. The van der Waals surface area contributed by atoms with E-state index in [4.69, 9.17) is 9.26 Å². The number of methoxy groups -OCH3 is 1. The van der Waals surface area contributed by atoms with Gasteiger partial charge in [-0.1, -0.05) is 23.7 Å². The molecule has 27 heavy (non-hydrogen) atoms. The Morgan fingerprint density at radius 3 is 3.11 bits per heavy atom. The van der Waals surface area contributed by atoms with E-state index in [0.29, 0.717) is 17.8 Å². The molecule has 0 saturated carbocycles. The van der Waals surface area contributed by atoms with Gasteiger partial charge >= 0.3 is 6.03 Å². The summed E-state index contributed by atoms with van der Waals surface area (Å²) in [7, 11) is 1.56. The second kappa shape index (κ2) is 9.48. The maximum Gasteiger partial charge on any atom is 0.319 e. The molecule has 2 heterocycles. The van der Waals surface area contributed by atoms with E-state index >= 15 is 0 Å². The van der Waals surface area contributed by atoms with Crippen molar-refractivity contribution >= 4 is 11.7 Å². The number of likely N-dealkylation sites (tertiary alicyclic amines) is 1. The highest BCUT2D eigenvalue weighted by molar-refractivity contribution is 5.89. The molecule has 1 aliphatic heterocycles. The maximum absolute atomic E-state index is 12.1. The molecule has 8 heteroatoms. The Balaban J connectivity index is 1.50. The molecule has 1 aromatic carbocycles. The molecule has 146 valence electrons. The molecular weight excluding hydrogens is 346 g/mol. The summed E-state index contributed by atoms with van der Waals surface area (Å²) in [5, 5.41) is 9.32. The zero-order chi connectivity index (χ0) is 19.1. The molecule has 1 atom stereocenters. The number of aromatic nitrogens is 2. The summed E-state index contributed by atoms with van der Waals surface area (Å²) >= 11 is 0. The Labute approximate surface area is 159 Å². The number of benzene rings is 1. The van der Waals surface area contributed by atoms with Crippen molar-refractivity contribution in [2.45, 2.75) is 51.9 Å². The molecule has 8 nitrogen and oxygen atoms in total. The van der Waals surface area contributed by atoms with Crippen molar-refractivity contribution in [1.29, 1.82) is 0 Å². The number of anilines is 1. The molecule has 2 N–H and O–H groups in total. The summed E-state index contributed by atoms with van der Waals surface area (Å²) in [6, 6.07) is 8.26. The van der Waals surface area contributed by atoms with Crippen LogP contribution in [0, 0.1) is 0 Å². The van der Waals surface area contributed by atoms with Crippen LogP contribution in [0.5, 0.6) is 0 Å². The molecule has 1 fully saturated rings. The molecule has 1 unspecified atom stereocenters. The van der Waals surface area contributed by atoms with Crippen LogP contribution >= 0.6 is 0 Å². The second-order valence-electron chi connectivity index (χ2n) is 6.86. The topological polar surface area (TPSA) is 92.5 Å². The smallest absolute Gasteiger partial charge is 0.319 e. The van der Waals surface area contributed by atoms with Gasteiger partial charge in [0.25, 0.3) is 0 Å². The lowest BCUT2D eigenvalue weighted by Crippen LogP contribution is -2.36. The first-order valence-corrected chi connectivity index (χ1v) is 9.32. The number of urea groups is 1. The zero-order valence-corrected chi connectivity index (χ0v) is 15.9. The van der Waals surface area contributed by atoms with E-state index in [-0.39, 0.29) is 19.2 Å².